The molecule has 0 saturated carbocycles. The highest BCUT2D eigenvalue weighted by molar-refractivity contribution is 7.03. The van der Waals surface area contributed by atoms with Crippen LogP contribution in [0.15, 0.2) is 206 Å². The summed E-state index contributed by atoms with van der Waals surface area (Å²) in [7, 11) is -4.47. The molecule has 0 saturated heterocycles. The summed E-state index contributed by atoms with van der Waals surface area (Å²) in [6.07, 6.45) is 0. The van der Waals surface area contributed by atoms with Gasteiger partial charge in [-0.15, -0.1) is 0 Å². The maximum Gasteiger partial charge on any atom is 0.153 e. The molecule has 16 rings (SSSR count). The first-order chi connectivity index (χ1) is 32.8. The van der Waals surface area contributed by atoms with E-state index in [0.717, 1.165) is 45.7 Å². The molecule has 0 N–H and O–H groups in total. The molecular formula is C58H36N4O2Si2. The van der Waals surface area contributed by atoms with Crippen LogP contribution in [0.5, 0.6) is 23.0 Å². The number of nitrogens with zero attached hydrogens (tertiary/aromatic N) is 4. The molecule has 6 nitrogen and oxygen atoms in total. The fraction of sp³-hybridized carbons (Fsp3) is 0. The van der Waals surface area contributed by atoms with Gasteiger partial charge in [0.15, 0.2) is 17.6 Å². The summed E-state index contributed by atoms with van der Waals surface area (Å²) in [5.41, 5.74) is 14.3. The van der Waals surface area contributed by atoms with Crippen molar-refractivity contribution in [3.05, 3.63) is 206 Å². The number of para-hydroxylation sites is 4. The van der Waals surface area contributed by atoms with Crippen LogP contribution >= 0.6 is 0 Å². The first-order valence-electron chi connectivity index (χ1n) is 22.8. The van der Waals surface area contributed by atoms with Crippen LogP contribution in [0.2, 0.25) is 0 Å². The maximum absolute atomic E-state index is 7.03. The van der Waals surface area contributed by atoms with Crippen molar-refractivity contribution in [2.75, 3.05) is 19.6 Å². The second kappa shape index (κ2) is 12.7. The Morgan fingerprint density at radius 3 is 0.909 bits per heavy atom. The van der Waals surface area contributed by atoms with Gasteiger partial charge in [-0.25, -0.2) is 0 Å². The molecule has 0 bridgehead atoms. The molecule has 2 atom stereocenters. The van der Waals surface area contributed by atoms with Gasteiger partial charge in [0, 0.05) is 83.0 Å². The average molecular weight is 877 g/mol. The number of rotatable bonds is 4. The summed E-state index contributed by atoms with van der Waals surface area (Å²) in [6, 6.07) is 75.9. The zero-order valence-corrected chi connectivity index (χ0v) is 37.7. The monoisotopic (exact) mass is 876 g/mol. The van der Waals surface area contributed by atoms with Gasteiger partial charge in [-0.2, -0.15) is 0 Å². The van der Waals surface area contributed by atoms with E-state index < -0.39 is 17.6 Å². The minimum Gasteiger partial charge on any atom is -0.457 e. The molecule has 0 spiro atoms. The zero-order valence-electron chi connectivity index (χ0n) is 35.4. The van der Waals surface area contributed by atoms with E-state index in [1.54, 1.807) is 0 Å². The van der Waals surface area contributed by atoms with Gasteiger partial charge in [0.1, 0.15) is 23.0 Å². The molecule has 0 radical (unpaired) electrons. The summed E-state index contributed by atoms with van der Waals surface area (Å²) in [5, 5.41) is 10.7. The molecule has 10 aromatic rings. The second-order valence-corrected chi connectivity index (χ2v) is 23.1. The second-order valence-electron chi connectivity index (χ2n) is 17.9. The van der Waals surface area contributed by atoms with E-state index in [4.69, 9.17) is 9.47 Å². The van der Waals surface area contributed by atoms with E-state index in [2.05, 4.69) is 226 Å². The lowest BCUT2D eigenvalue weighted by Gasteiger charge is -2.50. The SMILES string of the molecule is c1ccc(N2c3cccc4c3[SiH]3c5c(cccc5N(c5ccccc5)c5c3c2cc2cc3c6c(c52)N(c2ccccc2)c2cccc5c2[SiH]6c2c(cccc2N3c2ccccc2)O5)O4)cc1. The molecule has 6 aliphatic rings. The predicted molar refractivity (Wildman–Crippen MR) is 275 cm³/mol. The minimum atomic E-state index is -2.24. The van der Waals surface area contributed by atoms with Crippen molar-refractivity contribution in [2.45, 2.75) is 0 Å². The van der Waals surface area contributed by atoms with Crippen molar-refractivity contribution in [3.8, 4) is 23.0 Å². The Labute approximate surface area is 384 Å². The van der Waals surface area contributed by atoms with Gasteiger partial charge in [-0.05, 0) is 125 Å². The van der Waals surface area contributed by atoms with Gasteiger partial charge in [-0.3, -0.25) is 0 Å². The quantitative estimate of drug-likeness (QED) is 0.164. The van der Waals surface area contributed by atoms with E-state index in [1.807, 2.05) is 0 Å². The molecule has 6 heterocycles. The molecule has 0 fully saturated rings. The van der Waals surface area contributed by atoms with E-state index in [9.17, 15) is 0 Å². The van der Waals surface area contributed by atoms with Crippen molar-refractivity contribution in [1.29, 1.82) is 0 Å². The topological polar surface area (TPSA) is 31.4 Å². The predicted octanol–water partition coefficient (Wildman–Crippen LogP) is 10.7. The van der Waals surface area contributed by atoms with Crippen LogP contribution in [-0.2, 0) is 0 Å². The Kier molecular flexibility index (Phi) is 6.75. The van der Waals surface area contributed by atoms with E-state index in [0.29, 0.717) is 0 Å². The van der Waals surface area contributed by atoms with Gasteiger partial charge in [0.05, 0.1) is 11.4 Å². The normalized spacial score (nSPS) is 16.6. The summed E-state index contributed by atoms with van der Waals surface area (Å²) in [6.45, 7) is 0. The van der Waals surface area contributed by atoms with Crippen LogP contribution in [0, 0.1) is 0 Å². The fourth-order valence-electron chi connectivity index (χ4n) is 12.4. The van der Waals surface area contributed by atoms with Gasteiger partial charge in [0.2, 0.25) is 0 Å². The Bertz CT molecular complexity index is 3480. The molecule has 0 aromatic heterocycles. The fourth-order valence-corrected chi connectivity index (χ4v) is 20.1. The molecule has 2 unspecified atom stereocenters. The van der Waals surface area contributed by atoms with E-state index in [-0.39, 0.29) is 0 Å². The Balaban J connectivity index is 1.15. The van der Waals surface area contributed by atoms with Crippen LogP contribution in [0.3, 0.4) is 0 Å². The van der Waals surface area contributed by atoms with Gasteiger partial charge >= 0.3 is 0 Å². The van der Waals surface area contributed by atoms with Crippen molar-refractivity contribution < 1.29 is 9.47 Å². The van der Waals surface area contributed by atoms with Crippen molar-refractivity contribution >= 4 is 128 Å². The lowest BCUT2D eigenvalue weighted by molar-refractivity contribution is 0.487. The molecule has 8 heteroatoms. The molecular weight excluding hydrogens is 841 g/mol. The summed E-state index contributed by atoms with van der Waals surface area (Å²) < 4.78 is 14.1. The number of hydrogen-bond acceptors (Lipinski definition) is 6. The highest BCUT2D eigenvalue weighted by Crippen LogP contribution is 2.56. The third-order valence-corrected chi connectivity index (χ3v) is 21.6. The third kappa shape index (κ3) is 4.35. The number of fused-ring (bicyclic) bond motifs is 3. The van der Waals surface area contributed by atoms with Crippen molar-refractivity contribution in [1.82, 2.24) is 0 Å². The Morgan fingerprint density at radius 2 is 0.576 bits per heavy atom. The molecule has 0 aliphatic carbocycles. The number of hydrogen-bond donors (Lipinski definition) is 0. The largest absolute Gasteiger partial charge is 0.457 e. The molecule has 10 aromatic carbocycles. The number of ether oxygens (including phenoxy) is 2. The molecule has 308 valence electrons. The van der Waals surface area contributed by atoms with Gasteiger partial charge < -0.3 is 29.1 Å². The van der Waals surface area contributed by atoms with Gasteiger partial charge in [0.25, 0.3) is 0 Å². The minimum absolute atomic E-state index is 0.969. The Morgan fingerprint density at radius 1 is 0.273 bits per heavy atom. The third-order valence-electron chi connectivity index (χ3n) is 14.7. The zero-order chi connectivity index (χ0) is 42.8. The summed E-state index contributed by atoms with van der Waals surface area (Å²) in [4.78, 5) is 10.2. The van der Waals surface area contributed by atoms with Crippen LogP contribution in [0.4, 0.5) is 68.2 Å². The lowest BCUT2D eigenvalue weighted by Crippen LogP contribution is -2.64. The number of anilines is 12. The van der Waals surface area contributed by atoms with Crippen LogP contribution in [-0.4, -0.2) is 17.6 Å². The van der Waals surface area contributed by atoms with Crippen LogP contribution in [0.1, 0.15) is 0 Å². The van der Waals surface area contributed by atoms with Crippen LogP contribution in [0.25, 0.3) is 10.8 Å². The van der Waals surface area contributed by atoms with Crippen molar-refractivity contribution in [3.63, 3.8) is 0 Å². The summed E-state index contributed by atoms with van der Waals surface area (Å²) >= 11 is 0. The molecule has 0 amide bonds. The highest BCUT2D eigenvalue weighted by Gasteiger charge is 2.52. The lowest BCUT2D eigenvalue weighted by atomic mass is 9.97. The number of benzene rings is 10. The first kappa shape index (κ1) is 35.1. The first-order valence-corrected chi connectivity index (χ1v) is 26.2. The van der Waals surface area contributed by atoms with Crippen molar-refractivity contribution in [2.24, 2.45) is 0 Å². The maximum atomic E-state index is 7.03. The molecule has 6 aliphatic heterocycles. The Hall–Kier alpha value is -8.31. The standard InChI is InChI=1S/C58H36N4O2Si2/c1-5-17-36(18-6-1)59-40-25-13-29-46-53(40)65-55-42(27-15-31-48(55)63-46)61(38-21-9-3-10-22-38)51-50-35(33-44(59)57(51)65)34-45-58-52(50)62(39-23-11-4-12-24-39)43-28-16-32-49-56(43)66(58)54-41(26-14-30-47(54)64-49)60(45)37-19-7-2-8-20-37/h1-34,65-66H. The molecule has 66 heavy (non-hydrogen) atoms. The van der Waals surface area contributed by atoms with E-state index >= 15 is 0 Å². The summed E-state index contributed by atoms with van der Waals surface area (Å²) in [5.74, 6) is 3.87. The van der Waals surface area contributed by atoms with Crippen LogP contribution < -0.4 is 60.2 Å². The van der Waals surface area contributed by atoms with E-state index in [1.165, 1.54) is 87.4 Å². The smallest absolute Gasteiger partial charge is 0.153 e. The highest BCUT2D eigenvalue weighted by atomic mass is 28.3. The van der Waals surface area contributed by atoms with Gasteiger partial charge in [-0.1, -0.05) is 97.1 Å². The average Bonchev–Trinajstić information content (AvgIpc) is 3.37.